The Morgan fingerprint density at radius 2 is 1.92 bits per heavy atom. The number of aliphatic imine (C=N–C) groups is 1. The first-order valence-corrected chi connectivity index (χ1v) is 8.39. The molecule has 0 fully saturated rings. The van der Waals surface area contributed by atoms with Crippen LogP contribution in [0.15, 0.2) is 29.3 Å². The lowest BCUT2D eigenvalue weighted by atomic mass is 10.1. The molecule has 0 bridgehead atoms. The molecule has 7 heteroatoms. The third-order valence-electron chi connectivity index (χ3n) is 3.32. The molecule has 0 aliphatic rings. The molecule has 1 unspecified atom stereocenters. The highest BCUT2D eigenvalue weighted by Gasteiger charge is 2.04. The van der Waals surface area contributed by atoms with Gasteiger partial charge >= 0.3 is 0 Å². The zero-order valence-corrected chi connectivity index (χ0v) is 18.0. The first-order valence-electron chi connectivity index (χ1n) is 8.39. The number of guanidine groups is 1. The van der Waals surface area contributed by atoms with Gasteiger partial charge in [-0.25, -0.2) is 0 Å². The Kier molecular flexibility index (Phi) is 14.8. The van der Waals surface area contributed by atoms with Crippen molar-refractivity contribution in [2.75, 3.05) is 40.6 Å². The van der Waals surface area contributed by atoms with E-state index < -0.39 is 0 Å². The predicted octanol–water partition coefficient (Wildman–Crippen LogP) is 2.56. The second kappa shape index (κ2) is 15.4. The predicted molar refractivity (Wildman–Crippen MR) is 113 cm³/mol. The van der Waals surface area contributed by atoms with Crippen LogP contribution in [0.2, 0.25) is 0 Å². The van der Waals surface area contributed by atoms with Gasteiger partial charge in [0.25, 0.3) is 0 Å². The van der Waals surface area contributed by atoms with Gasteiger partial charge in [-0.15, -0.1) is 24.0 Å². The molecule has 6 nitrogen and oxygen atoms in total. The van der Waals surface area contributed by atoms with Crippen molar-refractivity contribution in [2.45, 2.75) is 33.0 Å². The molecule has 25 heavy (non-hydrogen) atoms. The Bertz CT molecular complexity index is 486. The summed E-state index contributed by atoms with van der Waals surface area (Å²) in [7, 11) is 3.45. The summed E-state index contributed by atoms with van der Waals surface area (Å²) < 4.78 is 16.0. The fourth-order valence-electron chi connectivity index (χ4n) is 2.19. The Morgan fingerprint density at radius 3 is 2.60 bits per heavy atom. The maximum absolute atomic E-state index is 5.61. The summed E-state index contributed by atoms with van der Waals surface area (Å²) in [4.78, 5) is 4.23. The molecule has 1 rings (SSSR count). The second-order valence-electron chi connectivity index (χ2n) is 5.50. The Labute approximate surface area is 168 Å². The van der Waals surface area contributed by atoms with Gasteiger partial charge in [-0.3, -0.25) is 4.99 Å². The molecule has 1 atom stereocenters. The van der Waals surface area contributed by atoms with Crippen LogP contribution in [0, 0.1) is 0 Å². The summed E-state index contributed by atoms with van der Waals surface area (Å²) in [6, 6.07) is 8.54. The standard InChI is InChI=1S/C18H31N3O3.HI/c1-5-23-9-10-24-14-17-8-6-7-16(11-17)12-20-18(19-3)21-15(2)13-22-4;/h6-8,11,15H,5,9-10,12-14H2,1-4H3,(H2,19,20,21);1H. The van der Waals surface area contributed by atoms with Crippen molar-refractivity contribution >= 4 is 29.9 Å². The SMILES string of the molecule is CCOCCOCc1cccc(CNC(=NC)NC(C)COC)c1.I. The van der Waals surface area contributed by atoms with Gasteiger partial charge in [0.15, 0.2) is 5.96 Å². The van der Waals surface area contributed by atoms with Gasteiger partial charge < -0.3 is 24.8 Å². The number of nitrogens with one attached hydrogen (secondary N) is 2. The van der Waals surface area contributed by atoms with E-state index in [0.29, 0.717) is 33.0 Å². The van der Waals surface area contributed by atoms with Crippen molar-refractivity contribution in [3.8, 4) is 0 Å². The third kappa shape index (κ3) is 11.4. The van der Waals surface area contributed by atoms with Crippen LogP contribution < -0.4 is 10.6 Å². The number of hydrogen-bond acceptors (Lipinski definition) is 4. The fraction of sp³-hybridized carbons (Fsp3) is 0.611. The van der Waals surface area contributed by atoms with Crippen LogP contribution in [0.25, 0.3) is 0 Å². The number of benzene rings is 1. The van der Waals surface area contributed by atoms with Crippen LogP contribution in [-0.4, -0.2) is 52.6 Å². The minimum absolute atomic E-state index is 0. The van der Waals surface area contributed by atoms with E-state index in [1.54, 1.807) is 14.2 Å². The molecular formula is C18H32IN3O3. The van der Waals surface area contributed by atoms with Gasteiger partial charge in [-0.2, -0.15) is 0 Å². The number of methoxy groups -OCH3 is 1. The van der Waals surface area contributed by atoms with E-state index in [1.165, 1.54) is 5.56 Å². The van der Waals surface area contributed by atoms with E-state index in [2.05, 4.69) is 40.7 Å². The highest BCUT2D eigenvalue weighted by atomic mass is 127. The summed E-state index contributed by atoms with van der Waals surface area (Å²) >= 11 is 0. The molecule has 2 N–H and O–H groups in total. The maximum atomic E-state index is 5.61. The molecule has 0 spiro atoms. The summed E-state index contributed by atoms with van der Waals surface area (Å²) in [5.41, 5.74) is 2.34. The van der Waals surface area contributed by atoms with Crippen molar-refractivity contribution in [1.82, 2.24) is 10.6 Å². The van der Waals surface area contributed by atoms with Crippen molar-refractivity contribution in [2.24, 2.45) is 4.99 Å². The Hall–Kier alpha value is -0.900. The van der Waals surface area contributed by atoms with Crippen LogP contribution >= 0.6 is 24.0 Å². The summed E-state index contributed by atoms with van der Waals surface area (Å²) in [6.07, 6.45) is 0. The lowest BCUT2D eigenvalue weighted by molar-refractivity contribution is 0.0453. The maximum Gasteiger partial charge on any atom is 0.191 e. The van der Waals surface area contributed by atoms with Crippen LogP contribution in [-0.2, 0) is 27.4 Å². The van der Waals surface area contributed by atoms with Gasteiger partial charge in [0, 0.05) is 33.4 Å². The van der Waals surface area contributed by atoms with Crippen molar-refractivity contribution < 1.29 is 14.2 Å². The molecule has 144 valence electrons. The summed E-state index contributed by atoms with van der Waals surface area (Å²) in [5.74, 6) is 0.762. The van der Waals surface area contributed by atoms with Crippen LogP contribution in [0.1, 0.15) is 25.0 Å². The molecular weight excluding hydrogens is 433 g/mol. The average molecular weight is 465 g/mol. The van der Waals surface area contributed by atoms with E-state index in [4.69, 9.17) is 14.2 Å². The summed E-state index contributed by atoms with van der Waals surface area (Å²) in [5, 5.41) is 6.59. The van der Waals surface area contributed by atoms with Gasteiger partial charge in [0.2, 0.25) is 0 Å². The monoisotopic (exact) mass is 465 g/mol. The number of rotatable bonds is 11. The highest BCUT2D eigenvalue weighted by Crippen LogP contribution is 2.06. The van der Waals surface area contributed by atoms with Crippen LogP contribution in [0.3, 0.4) is 0 Å². The Balaban J connectivity index is 0.00000576. The van der Waals surface area contributed by atoms with E-state index in [-0.39, 0.29) is 30.0 Å². The molecule has 0 heterocycles. The largest absolute Gasteiger partial charge is 0.383 e. The van der Waals surface area contributed by atoms with Crippen molar-refractivity contribution in [1.29, 1.82) is 0 Å². The smallest absolute Gasteiger partial charge is 0.191 e. The molecule has 0 radical (unpaired) electrons. The number of hydrogen-bond donors (Lipinski definition) is 2. The van der Waals surface area contributed by atoms with Crippen LogP contribution in [0.4, 0.5) is 0 Å². The van der Waals surface area contributed by atoms with Crippen LogP contribution in [0.5, 0.6) is 0 Å². The van der Waals surface area contributed by atoms with Gasteiger partial charge in [-0.1, -0.05) is 24.3 Å². The van der Waals surface area contributed by atoms with E-state index in [1.807, 2.05) is 13.0 Å². The first kappa shape index (κ1) is 24.1. The normalized spacial score (nSPS) is 12.4. The van der Waals surface area contributed by atoms with Gasteiger partial charge in [0.05, 0.1) is 26.4 Å². The molecule has 0 amide bonds. The molecule has 0 aliphatic heterocycles. The van der Waals surface area contributed by atoms with Gasteiger partial charge in [0.1, 0.15) is 0 Å². The average Bonchev–Trinajstić information content (AvgIpc) is 2.59. The molecule has 0 saturated carbocycles. The first-order chi connectivity index (χ1) is 11.7. The lowest BCUT2D eigenvalue weighted by Crippen LogP contribution is -2.43. The molecule has 1 aromatic carbocycles. The molecule has 0 saturated heterocycles. The number of ether oxygens (including phenoxy) is 3. The molecule has 0 aliphatic carbocycles. The zero-order valence-electron chi connectivity index (χ0n) is 15.7. The van der Waals surface area contributed by atoms with Crippen molar-refractivity contribution in [3.63, 3.8) is 0 Å². The molecule has 0 aromatic heterocycles. The second-order valence-corrected chi connectivity index (χ2v) is 5.50. The Morgan fingerprint density at radius 1 is 1.20 bits per heavy atom. The number of nitrogens with zero attached hydrogens (tertiary/aromatic N) is 1. The quantitative estimate of drug-likeness (QED) is 0.228. The van der Waals surface area contributed by atoms with Crippen molar-refractivity contribution in [3.05, 3.63) is 35.4 Å². The van der Waals surface area contributed by atoms with Gasteiger partial charge in [-0.05, 0) is 25.0 Å². The minimum atomic E-state index is 0. The zero-order chi connectivity index (χ0) is 17.6. The number of halogens is 1. The van der Waals surface area contributed by atoms with E-state index >= 15 is 0 Å². The fourth-order valence-corrected chi connectivity index (χ4v) is 2.19. The van der Waals surface area contributed by atoms with E-state index in [0.717, 1.165) is 18.1 Å². The third-order valence-corrected chi connectivity index (χ3v) is 3.32. The summed E-state index contributed by atoms with van der Waals surface area (Å²) in [6.45, 7) is 7.94. The van der Waals surface area contributed by atoms with E-state index in [9.17, 15) is 0 Å². The minimum Gasteiger partial charge on any atom is -0.383 e. The highest BCUT2D eigenvalue weighted by molar-refractivity contribution is 14.0. The lowest BCUT2D eigenvalue weighted by Gasteiger charge is -2.17. The topological polar surface area (TPSA) is 64.1 Å². The molecule has 1 aromatic rings.